The fourth-order valence-corrected chi connectivity index (χ4v) is 6.94. The highest BCUT2D eigenvalue weighted by Crippen LogP contribution is 2.41. The van der Waals surface area contributed by atoms with E-state index in [1.807, 2.05) is 37.3 Å². The highest BCUT2D eigenvalue weighted by Gasteiger charge is 2.32. The number of fused-ring (bicyclic) bond motifs is 1. The molecule has 280 valence electrons. The average molecular weight is 751 g/mol. The molecule has 1 aliphatic carbocycles. The summed E-state index contributed by atoms with van der Waals surface area (Å²) >= 11 is 6.74. The number of rotatable bonds is 14. The second-order valence-corrected chi connectivity index (χ2v) is 14.2. The topological polar surface area (TPSA) is 190 Å². The van der Waals surface area contributed by atoms with Crippen LogP contribution in [-0.4, -0.2) is 44.3 Å². The maximum atomic E-state index is 11.8. The number of nitrogens with two attached hydrogens (primary N) is 2. The molecule has 0 bridgehead atoms. The lowest BCUT2D eigenvalue weighted by Gasteiger charge is -2.25. The minimum absolute atomic E-state index is 0.00257. The van der Waals surface area contributed by atoms with Crippen molar-refractivity contribution in [3.05, 3.63) is 135 Å². The van der Waals surface area contributed by atoms with Crippen LogP contribution in [0.4, 0.5) is 0 Å². The molecular weight excluding hydrogens is 708 g/mol. The Morgan fingerprint density at radius 1 is 0.907 bits per heavy atom. The van der Waals surface area contributed by atoms with Gasteiger partial charge in [-0.15, -0.1) is 0 Å². The fourth-order valence-electron chi connectivity index (χ4n) is 6.70. The summed E-state index contributed by atoms with van der Waals surface area (Å²) in [5.41, 5.74) is 20.5. The molecule has 4 aromatic carbocycles. The molecular formula is C42H43ClN4O7. The number of aromatic nitrogens is 1. The van der Waals surface area contributed by atoms with Crippen molar-refractivity contribution in [1.29, 1.82) is 0 Å². The molecule has 6 rings (SSSR count). The zero-order valence-corrected chi connectivity index (χ0v) is 31.0. The van der Waals surface area contributed by atoms with Gasteiger partial charge < -0.3 is 36.3 Å². The van der Waals surface area contributed by atoms with Gasteiger partial charge >= 0.3 is 5.97 Å². The lowest BCUT2D eigenvalue weighted by atomic mass is 9.89. The van der Waals surface area contributed by atoms with E-state index in [9.17, 15) is 24.9 Å². The highest BCUT2D eigenvalue weighted by molar-refractivity contribution is 6.32. The van der Waals surface area contributed by atoms with Crippen molar-refractivity contribution >= 4 is 23.5 Å². The van der Waals surface area contributed by atoms with E-state index in [1.165, 1.54) is 13.1 Å². The van der Waals surface area contributed by atoms with Crippen LogP contribution < -0.4 is 26.3 Å². The molecule has 1 aromatic heterocycles. The first-order chi connectivity index (χ1) is 25.8. The molecule has 1 aliphatic rings. The number of ether oxygens (including phenoxy) is 2. The van der Waals surface area contributed by atoms with Gasteiger partial charge in [0.1, 0.15) is 30.3 Å². The number of aliphatic carboxylic acids is 1. The largest absolute Gasteiger partial charge is 0.488 e. The van der Waals surface area contributed by atoms with Crippen molar-refractivity contribution in [1.82, 2.24) is 10.3 Å². The van der Waals surface area contributed by atoms with Crippen LogP contribution >= 0.6 is 11.6 Å². The maximum absolute atomic E-state index is 11.8. The molecule has 8 N–H and O–H groups in total. The SMILES string of the molecule is Cc1c(COc2cc(OCc3cncc(C(N)=O)c3)c(CN[C@@](C)(CO)C(=O)O)cc2Cl)cccc1-c1cccc(-c2ccc3c(c2)[C@@H](O)C[C@H]3N)c1C. The number of hydrogen-bond donors (Lipinski definition) is 6. The quantitative estimate of drug-likeness (QED) is 0.0751. The Hall–Kier alpha value is -5.30. The predicted octanol–water partition coefficient (Wildman–Crippen LogP) is 6.30. The number of aliphatic hydroxyl groups is 2. The summed E-state index contributed by atoms with van der Waals surface area (Å²) in [6, 6.07) is 23.1. The summed E-state index contributed by atoms with van der Waals surface area (Å²) in [7, 11) is 0. The summed E-state index contributed by atoms with van der Waals surface area (Å²) in [4.78, 5) is 27.6. The number of carboxylic acids is 1. The maximum Gasteiger partial charge on any atom is 0.326 e. The summed E-state index contributed by atoms with van der Waals surface area (Å²) < 4.78 is 12.5. The van der Waals surface area contributed by atoms with Crippen LogP contribution in [0.1, 0.15) is 74.8 Å². The minimum atomic E-state index is -1.61. The number of halogens is 1. The monoisotopic (exact) mass is 750 g/mol. The summed E-state index contributed by atoms with van der Waals surface area (Å²) in [5.74, 6) is -1.17. The number of primary amides is 1. The number of hydrogen-bond acceptors (Lipinski definition) is 9. The summed E-state index contributed by atoms with van der Waals surface area (Å²) in [6.07, 6.45) is 2.86. The molecule has 0 spiro atoms. The zero-order valence-electron chi connectivity index (χ0n) is 30.2. The number of pyridine rings is 1. The number of carbonyl (C=O) groups excluding carboxylic acids is 1. The molecule has 0 saturated heterocycles. The first-order valence-electron chi connectivity index (χ1n) is 17.5. The molecule has 0 radical (unpaired) electrons. The third-order valence-corrected chi connectivity index (χ3v) is 10.4. The Bertz CT molecular complexity index is 2230. The second-order valence-electron chi connectivity index (χ2n) is 13.8. The van der Waals surface area contributed by atoms with E-state index >= 15 is 0 Å². The van der Waals surface area contributed by atoms with Crippen molar-refractivity contribution in [2.75, 3.05) is 6.61 Å². The van der Waals surface area contributed by atoms with Crippen molar-refractivity contribution in [3.8, 4) is 33.8 Å². The Morgan fingerprint density at radius 2 is 1.61 bits per heavy atom. The number of nitrogens with one attached hydrogen (secondary N) is 1. The molecule has 3 atom stereocenters. The Kier molecular flexibility index (Phi) is 11.4. The van der Waals surface area contributed by atoms with Gasteiger partial charge in [0.2, 0.25) is 5.91 Å². The molecule has 0 fully saturated rings. The third-order valence-electron chi connectivity index (χ3n) is 10.1. The summed E-state index contributed by atoms with van der Waals surface area (Å²) in [5, 5.41) is 33.2. The van der Waals surface area contributed by atoms with Gasteiger partial charge in [-0.3, -0.25) is 19.9 Å². The number of aliphatic hydroxyl groups excluding tert-OH is 2. The predicted molar refractivity (Wildman–Crippen MR) is 206 cm³/mol. The second kappa shape index (κ2) is 16.0. The van der Waals surface area contributed by atoms with Gasteiger partial charge in [-0.1, -0.05) is 60.1 Å². The Morgan fingerprint density at radius 3 is 2.33 bits per heavy atom. The van der Waals surface area contributed by atoms with Gasteiger partial charge in [0, 0.05) is 42.2 Å². The van der Waals surface area contributed by atoms with Crippen LogP contribution in [0.3, 0.4) is 0 Å². The van der Waals surface area contributed by atoms with E-state index in [1.54, 1.807) is 24.4 Å². The first kappa shape index (κ1) is 38.4. The van der Waals surface area contributed by atoms with Crippen LogP contribution in [0.25, 0.3) is 22.3 Å². The number of nitrogens with zero attached hydrogens (tertiary/aromatic N) is 1. The van der Waals surface area contributed by atoms with Gasteiger partial charge in [-0.05, 0) is 95.5 Å². The molecule has 11 nitrogen and oxygen atoms in total. The Labute approximate surface area is 318 Å². The molecule has 0 saturated carbocycles. The van der Waals surface area contributed by atoms with E-state index < -0.39 is 30.1 Å². The smallest absolute Gasteiger partial charge is 0.326 e. The van der Waals surface area contributed by atoms with E-state index in [0.29, 0.717) is 29.0 Å². The van der Waals surface area contributed by atoms with Crippen LogP contribution in [0.2, 0.25) is 5.02 Å². The van der Waals surface area contributed by atoms with E-state index in [-0.39, 0.29) is 36.4 Å². The molecule has 0 unspecified atom stereocenters. The van der Waals surface area contributed by atoms with E-state index in [0.717, 1.165) is 50.1 Å². The van der Waals surface area contributed by atoms with E-state index in [4.69, 9.17) is 32.5 Å². The van der Waals surface area contributed by atoms with Crippen LogP contribution in [0.15, 0.2) is 85.2 Å². The van der Waals surface area contributed by atoms with Crippen molar-refractivity contribution in [3.63, 3.8) is 0 Å². The molecule has 0 aliphatic heterocycles. The number of benzene rings is 4. The molecule has 1 heterocycles. The normalized spacial score (nSPS) is 16.1. The van der Waals surface area contributed by atoms with Gasteiger partial charge in [0.05, 0.1) is 23.3 Å². The van der Waals surface area contributed by atoms with Gasteiger partial charge in [-0.2, -0.15) is 0 Å². The molecule has 1 amide bonds. The van der Waals surface area contributed by atoms with Crippen LogP contribution in [0, 0.1) is 13.8 Å². The van der Waals surface area contributed by atoms with Gasteiger partial charge in [-0.25, -0.2) is 0 Å². The number of carboxylic acid groups (broad SMARTS) is 1. The fraction of sp³-hybridized carbons (Fsp3) is 0.262. The van der Waals surface area contributed by atoms with E-state index in [2.05, 4.69) is 41.5 Å². The number of carbonyl (C=O) groups is 2. The Balaban J connectivity index is 1.26. The van der Waals surface area contributed by atoms with Crippen LogP contribution in [0.5, 0.6) is 11.5 Å². The first-order valence-corrected chi connectivity index (χ1v) is 17.8. The standard InChI is InChI=1S/C42H43ClN4O7/c1-23-27(6-4-8-31(23)32-9-5-7-30(24(32)2)26-10-11-33-34(13-26)37(49)15-36(33)44)21-54-39-16-38(53-20-25-12-29(40(45)50)18-46-17-25)28(14-35(39)43)19-47-42(3,22-48)41(51)52/h4-14,16-18,36-37,47-49H,15,19-22,44H2,1-3H3,(H2,45,50)(H,51,52)/t36-,37+,42+/m1/s1. The van der Waals surface area contributed by atoms with Gasteiger partial charge in [0.25, 0.3) is 0 Å². The lowest BCUT2D eigenvalue weighted by Crippen LogP contribution is -2.52. The van der Waals surface area contributed by atoms with Crippen LogP contribution in [-0.2, 0) is 24.6 Å². The minimum Gasteiger partial charge on any atom is -0.488 e. The molecule has 12 heteroatoms. The molecule has 54 heavy (non-hydrogen) atoms. The zero-order chi connectivity index (χ0) is 38.7. The van der Waals surface area contributed by atoms with Crippen molar-refractivity contribution in [2.24, 2.45) is 11.5 Å². The third kappa shape index (κ3) is 7.96. The highest BCUT2D eigenvalue weighted by atomic mass is 35.5. The summed E-state index contributed by atoms with van der Waals surface area (Å²) in [6.45, 7) is 5.07. The number of amides is 1. The average Bonchev–Trinajstić information content (AvgIpc) is 3.45. The van der Waals surface area contributed by atoms with Crippen molar-refractivity contribution in [2.45, 2.75) is 64.6 Å². The van der Waals surface area contributed by atoms with Crippen molar-refractivity contribution < 1.29 is 34.4 Å². The van der Waals surface area contributed by atoms with Gasteiger partial charge in [0.15, 0.2) is 0 Å². The lowest BCUT2D eigenvalue weighted by molar-refractivity contribution is -0.145. The molecule has 5 aromatic rings.